The molecule has 0 bridgehead atoms. The van der Waals surface area contributed by atoms with E-state index in [-0.39, 0.29) is 6.54 Å². The lowest BCUT2D eigenvalue weighted by Crippen LogP contribution is -2.35. The molecule has 1 aromatic heterocycles. The molecule has 0 aliphatic rings. The van der Waals surface area contributed by atoms with Crippen molar-refractivity contribution in [3.63, 3.8) is 0 Å². The topological polar surface area (TPSA) is 89.0 Å². The summed E-state index contributed by atoms with van der Waals surface area (Å²) in [6, 6.07) is 23.2. The van der Waals surface area contributed by atoms with Gasteiger partial charge >= 0.3 is 0 Å². The first-order valence-corrected chi connectivity index (χ1v) is 12.9. The van der Waals surface area contributed by atoms with E-state index in [2.05, 4.69) is 45.5 Å². The summed E-state index contributed by atoms with van der Waals surface area (Å²) in [5, 5.41) is 10.3. The number of rotatable bonds is 11. The highest BCUT2D eigenvalue weighted by molar-refractivity contribution is 7.17. The number of nitrogens with one attached hydrogen (secondary N) is 2. The van der Waals surface area contributed by atoms with Crippen LogP contribution in [0.3, 0.4) is 0 Å². The number of carbonyl (C=O) groups is 2. The number of hydrogen-bond donors (Lipinski definition) is 2. The number of fused-ring (bicyclic) bond motifs is 1. The number of aryl methyl sites for hydroxylation is 1. The summed E-state index contributed by atoms with van der Waals surface area (Å²) in [4.78, 5) is 25.2. The van der Waals surface area contributed by atoms with E-state index in [0.717, 1.165) is 27.8 Å². The molecular formula is C29H29N3O4S. The average Bonchev–Trinajstić information content (AvgIpc) is 3.37. The van der Waals surface area contributed by atoms with Gasteiger partial charge < -0.3 is 14.8 Å². The lowest BCUT2D eigenvalue weighted by Gasteiger charge is -2.11. The van der Waals surface area contributed by atoms with Crippen LogP contribution < -0.4 is 20.2 Å². The van der Waals surface area contributed by atoms with Crippen LogP contribution in [0.15, 0.2) is 83.3 Å². The van der Waals surface area contributed by atoms with Gasteiger partial charge in [0, 0.05) is 26.6 Å². The van der Waals surface area contributed by atoms with E-state index < -0.39 is 11.8 Å². The number of ether oxygens (including phenoxy) is 2. The molecule has 0 aliphatic heterocycles. The molecule has 3 aromatic carbocycles. The van der Waals surface area contributed by atoms with Gasteiger partial charge in [-0.2, -0.15) is 5.10 Å². The molecule has 0 atom stereocenters. The molecule has 0 radical (unpaired) electrons. The third-order valence-corrected chi connectivity index (χ3v) is 6.70. The van der Waals surface area contributed by atoms with E-state index in [1.165, 1.54) is 12.7 Å². The van der Waals surface area contributed by atoms with Crippen LogP contribution in [-0.2, 0) is 11.2 Å². The minimum absolute atomic E-state index is 0.214. The standard InChI is InChI=1S/C29H29N3O4S/c1-3-36-25-16-14-21(17-26(25)35-2)29(34)30-18-28(33)32-31-24(15-13-20-9-5-4-6-10-20)23-19-37-27-12-8-7-11-22(23)27/h4-12,14,16-17,19H,3,13,15,18H2,1-2H3,(H,30,34)(H,32,33). The van der Waals surface area contributed by atoms with Crippen molar-refractivity contribution in [2.24, 2.45) is 5.10 Å². The van der Waals surface area contributed by atoms with Gasteiger partial charge in [0.1, 0.15) is 0 Å². The molecule has 0 fully saturated rings. The zero-order valence-electron chi connectivity index (χ0n) is 20.8. The Labute approximate surface area is 220 Å². The summed E-state index contributed by atoms with van der Waals surface area (Å²) < 4.78 is 11.9. The monoisotopic (exact) mass is 515 g/mol. The van der Waals surface area contributed by atoms with Gasteiger partial charge in [0.05, 0.1) is 26.0 Å². The van der Waals surface area contributed by atoms with E-state index in [4.69, 9.17) is 9.47 Å². The molecule has 0 unspecified atom stereocenters. The summed E-state index contributed by atoms with van der Waals surface area (Å²) in [7, 11) is 1.51. The van der Waals surface area contributed by atoms with E-state index in [9.17, 15) is 9.59 Å². The zero-order valence-corrected chi connectivity index (χ0v) is 21.6. The van der Waals surface area contributed by atoms with Crippen LogP contribution in [0.4, 0.5) is 0 Å². The molecule has 7 nitrogen and oxygen atoms in total. The van der Waals surface area contributed by atoms with Gasteiger partial charge in [0.25, 0.3) is 11.8 Å². The third kappa shape index (κ3) is 6.74. The molecule has 2 amide bonds. The van der Waals surface area contributed by atoms with Crippen LogP contribution in [-0.4, -0.2) is 37.8 Å². The Hall–Kier alpha value is -4.17. The van der Waals surface area contributed by atoms with Gasteiger partial charge in [-0.1, -0.05) is 48.5 Å². The Morgan fingerprint density at radius 3 is 2.54 bits per heavy atom. The molecule has 8 heteroatoms. The summed E-state index contributed by atoms with van der Waals surface area (Å²) in [5.74, 6) is 0.198. The number of amides is 2. The summed E-state index contributed by atoms with van der Waals surface area (Å²) >= 11 is 1.65. The molecule has 4 rings (SSSR count). The van der Waals surface area contributed by atoms with E-state index in [1.54, 1.807) is 29.5 Å². The molecule has 4 aromatic rings. The van der Waals surface area contributed by atoms with Gasteiger partial charge in [-0.05, 0) is 49.6 Å². The first-order valence-electron chi connectivity index (χ1n) is 12.0. The highest BCUT2D eigenvalue weighted by Gasteiger charge is 2.14. The quantitative estimate of drug-likeness (QED) is 0.213. The van der Waals surface area contributed by atoms with Crippen molar-refractivity contribution < 1.29 is 19.1 Å². The predicted molar refractivity (Wildman–Crippen MR) is 148 cm³/mol. The molecular weight excluding hydrogens is 486 g/mol. The van der Waals surface area contributed by atoms with Gasteiger partial charge in [-0.15, -0.1) is 11.3 Å². The smallest absolute Gasteiger partial charge is 0.259 e. The Morgan fingerprint density at radius 2 is 1.76 bits per heavy atom. The highest BCUT2D eigenvalue weighted by Crippen LogP contribution is 2.28. The van der Waals surface area contributed by atoms with Crippen molar-refractivity contribution in [3.05, 3.63) is 94.9 Å². The van der Waals surface area contributed by atoms with Crippen molar-refractivity contribution in [2.75, 3.05) is 20.3 Å². The van der Waals surface area contributed by atoms with Crippen molar-refractivity contribution in [1.82, 2.24) is 10.7 Å². The van der Waals surface area contributed by atoms with Gasteiger partial charge in [0.2, 0.25) is 0 Å². The highest BCUT2D eigenvalue weighted by atomic mass is 32.1. The fourth-order valence-corrected chi connectivity index (χ4v) is 4.84. The molecule has 0 spiro atoms. The van der Waals surface area contributed by atoms with Gasteiger partial charge in [-0.3, -0.25) is 9.59 Å². The van der Waals surface area contributed by atoms with E-state index >= 15 is 0 Å². The van der Waals surface area contributed by atoms with Crippen molar-refractivity contribution in [2.45, 2.75) is 19.8 Å². The number of hydrazone groups is 1. The third-order valence-electron chi connectivity index (χ3n) is 5.74. The molecule has 190 valence electrons. The maximum absolute atomic E-state index is 12.6. The first kappa shape index (κ1) is 25.9. The second kappa shape index (κ2) is 12.7. The number of carbonyl (C=O) groups excluding carboxylic acids is 2. The van der Waals surface area contributed by atoms with Crippen LogP contribution in [0.5, 0.6) is 11.5 Å². The lowest BCUT2D eigenvalue weighted by atomic mass is 10.0. The molecule has 37 heavy (non-hydrogen) atoms. The van der Waals surface area contributed by atoms with Crippen molar-refractivity contribution in [1.29, 1.82) is 0 Å². The predicted octanol–water partition coefficient (Wildman–Crippen LogP) is 5.19. The zero-order chi connectivity index (χ0) is 26.0. The number of methoxy groups -OCH3 is 1. The van der Waals surface area contributed by atoms with Crippen LogP contribution in [0.2, 0.25) is 0 Å². The SMILES string of the molecule is CCOc1ccc(C(=O)NCC(=O)NN=C(CCc2ccccc2)c2csc3ccccc23)cc1OC. The summed E-state index contributed by atoms with van der Waals surface area (Å²) in [6.07, 6.45) is 1.44. The largest absolute Gasteiger partial charge is 0.493 e. The van der Waals surface area contributed by atoms with Crippen LogP contribution >= 0.6 is 11.3 Å². The van der Waals surface area contributed by atoms with Crippen LogP contribution in [0.25, 0.3) is 10.1 Å². The number of hydrogen-bond acceptors (Lipinski definition) is 6. The van der Waals surface area contributed by atoms with E-state index in [0.29, 0.717) is 30.1 Å². The van der Waals surface area contributed by atoms with Gasteiger partial charge in [0.15, 0.2) is 11.5 Å². The summed E-state index contributed by atoms with van der Waals surface area (Å²) in [5.41, 5.74) is 5.97. The molecule has 0 saturated carbocycles. The Balaban J connectivity index is 1.43. The lowest BCUT2D eigenvalue weighted by molar-refractivity contribution is -0.120. The molecule has 0 aliphatic carbocycles. The fraction of sp³-hybridized carbons (Fsp3) is 0.207. The molecule has 2 N–H and O–H groups in total. The van der Waals surface area contributed by atoms with Gasteiger partial charge in [-0.25, -0.2) is 5.43 Å². The first-order chi connectivity index (χ1) is 18.1. The molecule has 0 saturated heterocycles. The van der Waals surface area contributed by atoms with Crippen LogP contribution in [0, 0.1) is 0 Å². The fourth-order valence-electron chi connectivity index (χ4n) is 3.88. The van der Waals surface area contributed by atoms with E-state index in [1.807, 2.05) is 37.3 Å². The second-order valence-electron chi connectivity index (χ2n) is 8.21. The maximum atomic E-state index is 12.6. The second-order valence-corrected chi connectivity index (χ2v) is 9.12. The number of thiophene rings is 1. The van der Waals surface area contributed by atoms with Crippen molar-refractivity contribution >= 4 is 38.9 Å². The van der Waals surface area contributed by atoms with Crippen molar-refractivity contribution in [3.8, 4) is 11.5 Å². The Kier molecular flexibility index (Phi) is 8.89. The number of benzene rings is 3. The summed E-state index contributed by atoms with van der Waals surface area (Å²) in [6.45, 7) is 2.14. The minimum atomic E-state index is -0.414. The number of nitrogens with zero attached hydrogens (tertiary/aromatic N) is 1. The Morgan fingerprint density at radius 1 is 0.973 bits per heavy atom. The van der Waals surface area contributed by atoms with Crippen LogP contribution in [0.1, 0.15) is 34.8 Å². The maximum Gasteiger partial charge on any atom is 0.259 e. The minimum Gasteiger partial charge on any atom is -0.493 e. The average molecular weight is 516 g/mol. The molecule has 1 heterocycles. The normalized spacial score (nSPS) is 11.2. The Bertz CT molecular complexity index is 1400.